The number of nitrogens with one attached hydrogen (secondary N) is 2. The highest BCUT2D eigenvalue weighted by Gasteiger charge is 2.24. The fourth-order valence-corrected chi connectivity index (χ4v) is 2.38. The van der Waals surface area contributed by atoms with Crippen molar-refractivity contribution in [1.29, 1.82) is 0 Å². The van der Waals surface area contributed by atoms with Gasteiger partial charge >= 0.3 is 6.03 Å². The van der Waals surface area contributed by atoms with E-state index >= 15 is 0 Å². The Kier molecular flexibility index (Phi) is 8.41. The maximum atomic E-state index is 12.6. The van der Waals surface area contributed by atoms with Gasteiger partial charge in [-0.25, -0.2) is 4.79 Å². The summed E-state index contributed by atoms with van der Waals surface area (Å²) in [4.78, 5) is 26.3. The van der Waals surface area contributed by atoms with Crippen molar-refractivity contribution in [2.24, 2.45) is 5.41 Å². The maximum absolute atomic E-state index is 12.6. The molecule has 0 fully saturated rings. The molecular weight excluding hydrogens is 318 g/mol. The van der Waals surface area contributed by atoms with Crippen LogP contribution in [0.4, 0.5) is 4.79 Å². The van der Waals surface area contributed by atoms with Gasteiger partial charge in [0.05, 0.1) is 6.61 Å². The van der Waals surface area contributed by atoms with Crippen molar-refractivity contribution in [3.63, 3.8) is 0 Å². The number of benzene rings is 1. The summed E-state index contributed by atoms with van der Waals surface area (Å²) in [5.41, 5.74) is 1.05. The number of aliphatic hydroxyl groups is 1. The van der Waals surface area contributed by atoms with Crippen LogP contribution in [0.1, 0.15) is 32.8 Å². The molecule has 3 N–H and O–H groups in total. The molecule has 6 heteroatoms. The van der Waals surface area contributed by atoms with E-state index < -0.39 is 6.04 Å². The molecule has 0 aromatic heterocycles. The van der Waals surface area contributed by atoms with Crippen LogP contribution < -0.4 is 10.6 Å². The zero-order valence-corrected chi connectivity index (χ0v) is 15.7. The van der Waals surface area contributed by atoms with Crippen LogP contribution in [0, 0.1) is 5.41 Å². The Labute approximate surface area is 150 Å². The molecule has 1 aromatic carbocycles. The normalized spacial score (nSPS) is 12.4. The fraction of sp³-hybridized carbons (Fsp3) is 0.579. The van der Waals surface area contributed by atoms with Crippen LogP contribution in [0.25, 0.3) is 0 Å². The van der Waals surface area contributed by atoms with E-state index in [1.54, 1.807) is 11.9 Å². The van der Waals surface area contributed by atoms with E-state index in [0.717, 1.165) is 12.0 Å². The Morgan fingerprint density at radius 1 is 1.16 bits per heavy atom. The van der Waals surface area contributed by atoms with Crippen LogP contribution in [0.2, 0.25) is 0 Å². The summed E-state index contributed by atoms with van der Waals surface area (Å²) in [6.45, 7) is 6.97. The first-order valence-corrected chi connectivity index (χ1v) is 8.68. The van der Waals surface area contributed by atoms with Crippen molar-refractivity contribution in [2.45, 2.75) is 39.7 Å². The van der Waals surface area contributed by atoms with Gasteiger partial charge in [-0.15, -0.1) is 0 Å². The molecule has 140 valence electrons. The van der Waals surface area contributed by atoms with E-state index in [0.29, 0.717) is 13.0 Å². The summed E-state index contributed by atoms with van der Waals surface area (Å²) in [6, 6.07) is 8.57. The first kappa shape index (κ1) is 21.0. The van der Waals surface area contributed by atoms with Crippen molar-refractivity contribution in [2.75, 3.05) is 26.7 Å². The average Bonchev–Trinajstić information content (AvgIpc) is 2.57. The monoisotopic (exact) mass is 349 g/mol. The minimum atomic E-state index is -0.657. The summed E-state index contributed by atoms with van der Waals surface area (Å²) in [5, 5.41) is 14.6. The fourth-order valence-electron chi connectivity index (χ4n) is 2.38. The van der Waals surface area contributed by atoms with Crippen molar-refractivity contribution in [3.05, 3.63) is 35.9 Å². The van der Waals surface area contributed by atoms with Crippen LogP contribution in [0.15, 0.2) is 30.3 Å². The molecule has 0 aliphatic rings. The summed E-state index contributed by atoms with van der Waals surface area (Å²) in [7, 11) is 1.55. The summed E-state index contributed by atoms with van der Waals surface area (Å²) in [5.74, 6) is -0.239. The lowest BCUT2D eigenvalue weighted by atomic mass is 9.92. The van der Waals surface area contributed by atoms with E-state index in [4.69, 9.17) is 0 Å². The highest BCUT2D eigenvalue weighted by Crippen LogP contribution is 2.18. The van der Waals surface area contributed by atoms with E-state index in [2.05, 4.69) is 31.4 Å². The summed E-state index contributed by atoms with van der Waals surface area (Å²) < 4.78 is 0. The lowest BCUT2D eigenvalue weighted by Gasteiger charge is -2.28. The predicted octanol–water partition coefficient (Wildman–Crippen LogP) is 1.78. The van der Waals surface area contributed by atoms with Crippen LogP contribution in [0.3, 0.4) is 0 Å². The molecule has 0 saturated heterocycles. The van der Waals surface area contributed by atoms with Crippen LogP contribution in [-0.2, 0) is 11.2 Å². The number of carbonyl (C=O) groups excluding carboxylic acids is 2. The van der Waals surface area contributed by atoms with Crippen LogP contribution in [0.5, 0.6) is 0 Å². The molecule has 3 amide bonds. The molecule has 1 aromatic rings. The molecular formula is C19H31N3O3. The Hall–Kier alpha value is -2.08. The van der Waals surface area contributed by atoms with E-state index in [1.807, 2.05) is 30.3 Å². The zero-order chi connectivity index (χ0) is 18.9. The molecule has 0 bridgehead atoms. The van der Waals surface area contributed by atoms with E-state index in [9.17, 15) is 14.7 Å². The maximum Gasteiger partial charge on any atom is 0.318 e. The van der Waals surface area contributed by atoms with Crippen molar-refractivity contribution in [3.8, 4) is 0 Å². The number of rotatable bonds is 8. The molecule has 1 unspecified atom stereocenters. The molecule has 6 nitrogen and oxygen atoms in total. The molecule has 0 heterocycles. The third-order valence-electron chi connectivity index (χ3n) is 3.93. The highest BCUT2D eigenvalue weighted by molar-refractivity contribution is 5.87. The molecule has 1 rings (SSSR count). The van der Waals surface area contributed by atoms with E-state index in [-0.39, 0.29) is 30.5 Å². The first-order chi connectivity index (χ1) is 11.8. The van der Waals surface area contributed by atoms with Gasteiger partial charge in [0, 0.05) is 26.6 Å². The summed E-state index contributed by atoms with van der Waals surface area (Å²) in [6.07, 6.45) is 1.22. The molecule has 0 aliphatic heterocycles. The van der Waals surface area contributed by atoms with Crippen LogP contribution >= 0.6 is 0 Å². The minimum Gasteiger partial charge on any atom is -0.395 e. The van der Waals surface area contributed by atoms with Gasteiger partial charge in [0.2, 0.25) is 5.91 Å². The van der Waals surface area contributed by atoms with Crippen molar-refractivity contribution >= 4 is 11.9 Å². The minimum absolute atomic E-state index is 0.0816. The average molecular weight is 349 g/mol. The van der Waals surface area contributed by atoms with Crippen molar-refractivity contribution in [1.82, 2.24) is 15.5 Å². The second kappa shape index (κ2) is 10.0. The zero-order valence-electron chi connectivity index (χ0n) is 15.7. The van der Waals surface area contributed by atoms with Gasteiger partial charge in [0.25, 0.3) is 0 Å². The number of hydrogen-bond donors (Lipinski definition) is 3. The van der Waals surface area contributed by atoms with Gasteiger partial charge in [-0.3, -0.25) is 4.79 Å². The van der Waals surface area contributed by atoms with Crippen molar-refractivity contribution < 1.29 is 14.7 Å². The highest BCUT2D eigenvalue weighted by atomic mass is 16.3. The largest absolute Gasteiger partial charge is 0.395 e. The Bertz CT molecular complexity index is 541. The van der Waals surface area contributed by atoms with Gasteiger partial charge in [0.1, 0.15) is 6.04 Å². The number of likely N-dealkylation sites (N-methyl/N-ethyl adjacent to an activating group) is 1. The lowest BCUT2D eigenvalue weighted by Crippen LogP contribution is -2.52. The quantitative estimate of drug-likeness (QED) is 0.669. The Morgan fingerprint density at radius 3 is 2.32 bits per heavy atom. The van der Waals surface area contributed by atoms with Gasteiger partial charge in [-0.05, 0) is 17.4 Å². The third kappa shape index (κ3) is 8.03. The SMILES string of the molecule is CNC(=O)C(Cc1ccccc1)NC(=O)N(CCO)CCC(C)(C)C. The second-order valence-electron chi connectivity index (χ2n) is 7.33. The topological polar surface area (TPSA) is 81.7 Å². The van der Waals surface area contributed by atoms with Gasteiger partial charge < -0.3 is 20.6 Å². The second-order valence-corrected chi connectivity index (χ2v) is 7.33. The Morgan fingerprint density at radius 2 is 1.80 bits per heavy atom. The predicted molar refractivity (Wildman–Crippen MR) is 99.3 cm³/mol. The standard InChI is InChI=1S/C19H31N3O3/c1-19(2,3)10-11-22(12-13-23)18(25)21-16(17(24)20-4)14-15-8-6-5-7-9-15/h5-9,16,23H,10-14H2,1-4H3,(H,20,24)(H,21,25). The van der Waals surface area contributed by atoms with E-state index in [1.165, 1.54) is 0 Å². The number of amides is 3. The molecule has 0 saturated carbocycles. The number of nitrogens with zero attached hydrogens (tertiary/aromatic N) is 1. The lowest BCUT2D eigenvalue weighted by molar-refractivity contribution is -0.122. The molecule has 0 radical (unpaired) electrons. The molecule has 0 aliphatic carbocycles. The summed E-state index contributed by atoms with van der Waals surface area (Å²) >= 11 is 0. The number of hydrogen-bond acceptors (Lipinski definition) is 3. The van der Waals surface area contributed by atoms with Gasteiger partial charge in [-0.1, -0.05) is 51.1 Å². The smallest absolute Gasteiger partial charge is 0.318 e. The third-order valence-corrected chi connectivity index (χ3v) is 3.93. The number of carbonyl (C=O) groups is 2. The molecule has 25 heavy (non-hydrogen) atoms. The molecule has 1 atom stereocenters. The van der Waals surface area contributed by atoms with Crippen LogP contribution in [-0.4, -0.2) is 54.7 Å². The first-order valence-electron chi connectivity index (χ1n) is 8.68. The number of urea groups is 1. The Balaban J connectivity index is 2.78. The molecule has 0 spiro atoms. The van der Waals surface area contributed by atoms with Gasteiger partial charge in [0.15, 0.2) is 0 Å². The van der Waals surface area contributed by atoms with Gasteiger partial charge in [-0.2, -0.15) is 0 Å². The number of aliphatic hydroxyl groups excluding tert-OH is 1.